The summed E-state index contributed by atoms with van der Waals surface area (Å²) in [5, 5.41) is 0. The predicted octanol–water partition coefficient (Wildman–Crippen LogP) is 12.1. The molecule has 38 heavy (non-hydrogen) atoms. The molecule has 0 amide bonds. The first-order valence-corrected chi connectivity index (χ1v) is 15.8. The van der Waals surface area contributed by atoms with Crippen molar-refractivity contribution in [3.8, 4) is 43.1 Å². The van der Waals surface area contributed by atoms with E-state index < -0.39 is 0 Å². The van der Waals surface area contributed by atoms with Crippen molar-refractivity contribution in [3.05, 3.63) is 121 Å². The summed E-state index contributed by atoms with van der Waals surface area (Å²) in [6.07, 6.45) is 0. The summed E-state index contributed by atoms with van der Waals surface area (Å²) in [4.78, 5) is 2.70. The molecule has 4 aromatic heterocycles. The van der Waals surface area contributed by atoms with Crippen LogP contribution >= 0.6 is 45.3 Å². The van der Waals surface area contributed by atoms with Crippen LogP contribution in [-0.4, -0.2) is 0 Å². The standard InChI is InChI=1S/C34H20S4/c1-3-7-21(8-4-1)23-11-15-25(16-12-23)27-19-29-31(35-27)33-34(37-29)32-30(38-33)20-28(36-32)26-17-13-24(14-18-26)22-9-5-2-6-10-22/h1-20H. The van der Waals surface area contributed by atoms with Crippen LogP contribution in [0.4, 0.5) is 0 Å². The van der Waals surface area contributed by atoms with Gasteiger partial charge in [0.25, 0.3) is 0 Å². The molecule has 0 bridgehead atoms. The highest BCUT2D eigenvalue weighted by Crippen LogP contribution is 2.52. The van der Waals surface area contributed by atoms with Gasteiger partial charge >= 0.3 is 0 Å². The molecule has 0 N–H and O–H groups in total. The van der Waals surface area contributed by atoms with Gasteiger partial charge in [0.2, 0.25) is 0 Å². The predicted molar refractivity (Wildman–Crippen MR) is 172 cm³/mol. The fourth-order valence-corrected chi connectivity index (χ4v) is 10.7. The van der Waals surface area contributed by atoms with Gasteiger partial charge in [-0.1, -0.05) is 109 Å². The highest BCUT2D eigenvalue weighted by atomic mass is 32.1. The van der Waals surface area contributed by atoms with E-state index in [2.05, 4.69) is 121 Å². The molecule has 0 saturated heterocycles. The topological polar surface area (TPSA) is 0 Å². The lowest BCUT2D eigenvalue weighted by molar-refractivity contribution is 1.62. The fraction of sp³-hybridized carbons (Fsp3) is 0. The van der Waals surface area contributed by atoms with Crippen LogP contribution in [0.3, 0.4) is 0 Å². The summed E-state index contributed by atoms with van der Waals surface area (Å²) in [6, 6.07) is 44.0. The summed E-state index contributed by atoms with van der Waals surface area (Å²) in [6.45, 7) is 0. The third-order valence-electron chi connectivity index (χ3n) is 6.99. The number of fused-ring (bicyclic) bond motifs is 5. The Kier molecular flexibility index (Phi) is 5.34. The second kappa shape index (κ2) is 9.04. The minimum absolute atomic E-state index is 1.26. The molecule has 0 unspecified atom stereocenters. The normalized spacial score (nSPS) is 11.7. The lowest BCUT2D eigenvalue weighted by Gasteiger charge is -2.03. The Bertz CT molecular complexity index is 1880. The van der Waals surface area contributed by atoms with Crippen molar-refractivity contribution in [1.82, 2.24) is 0 Å². The highest BCUT2D eigenvalue weighted by Gasteiger charge is 2.18. The maximum absolute atomic E-state index is 2.39. The van der Waals surface area contributed by atoms with Crippen molar-refractivity contribution in [1.29, 1.82) is 0 Å². The molecular weight excluding hydrogens is 537 g/mol. The first-order valence-electron chi connectivity index (χ1n) is 12.5. The van der Waals surface area contributed by atoms with E-state index in [-0.39, 0.29) is 0 Å². The van der Waals surface area contributed by atoms with Gasteiger partial charge in [0.05, 0.1) is 18.8 Å². The van der Waals surface area contributed by atoms with Gasteiger partial charge in [-0.25, -0.2) is 0 Å². The number of hydrogen-bond acceptors (Lipinski definition) is 4. The third-order valence-corrected chi connectivity index (χ3v) is 12.3. The Morgan fingerprint density at radius 1 is 0.289 bits per heavy atom. The number of thiophene rings is 4. The molecule has 0 nitrogen and oxygen atoms in total. The fourth-order valence-electron chi connectivity index (χ4n) is 5.03. The van der Waals surface area contributed by atoms with Gasteiger partial charge in [-0.05, 0) is 45.5 Å². The van der Waals surface area contributed by atoms with Gasteiger partial charge in [-0.3, -0.25) is 0 Å². The maximum Gasteiger partial charge on any atom is 0.0650 e. The lowest BCUT2D eigenvalue weighted by atomic mass is 10.0. The average molecular weight is 557 g/mol. The largest absolute Gasteiger partial charge is 0.133 e. The molecule has 0 fully saturated rings. The number of rotatable bonds is 4. The van der Waals surface area contributed by atoms with E-state index in [1.165, 1.54) is 71.3 Å². The monoisotopic (exact) mass is 556 g/mol. The van der Waals surface area contributed by atoms with Crippen molar-refractivity contribution in [3.63, 3.8) is 0 Å². The van der Waals surface area contributed by atoms with Crippen LogP contribution in [0.15, 0.2) is 121 Å². The lowest BCUT2D eigenvalue weighted by Crippen LogP contribution is -1.77. The van der Waals surface area contributed by atoms with E-state index in [1.807, 2.05) is 45.3 Å². The van der Waals surface area contributed by atoms with Crippen LogP contribution in [0, 0.1) is 0 Å². The van der Waals surface area contributed by atoms with Gasteiger partial charge in [0.15, 0.2) is 0 Å². The van der Waals surface area contributed by atoms with Gasteiger partial charge in [-0.2, -0.15) is 0 Å². The van der Waals surface area contributed by atoms with E-state index >= 15 is 0 Å². The number of hydrogen-bond donors (Lipinski definition) is 0. The van der Waals surface area contributed by atoms with Gasteiger partial charge in [0, 0.05) is 19.2 Å². The van der Waals surface area contributed by atoms with Crippen LogP contribution in [0.5, 0.6) is 0 Å². The van der Waals surface area contributed by atoms with Crippen LogP contribution in [0.25, 0.3) is 71.3 Å². The molecule has 4 heteroatoms. The van der Waals surface area contributed by atoms with Crippen molar-refractivity contribution in [2.45, 2.75) is 0 Å². The van der Waals surface area contributed by atoms with Crippen molar-refractivity contribution < 1.29 is 0 Å². The van der Waals surface area contributed by atoms with E-state index in [4.69, 9.17) is 0 Å². The zero-order valence-corrected chi connectivity index (χ0v) is 23.4. The van der Waals surface area contributed by atoms with Gasteiger partial charge < -0.3 is 0 Å². The molecule has 0 saturated carbocycles. The van der Waals surface area contributed by atoms with Crippen molar-refractivity contribution in [2.24, 2.45) is 0 Å². The molecule has 0 aliphatic rings. The molecule has 0 spiro atoms. The van der Waals surface area contributed by atoms with Crippen LogP contribution in [-0.2, 0) is 0 Å². The van der Waals surface area contributed by atoms with E-state index in [1.54, 1.807) is 0 Å². The Morgan fingerprint density at radius 2 is 0.632 bits per heavy atom. The minimum atomic E-state index is 1.26. The molecule has 8 rings (SSSR count). The second-order valence-electron chi connectivity index (χ2n) is 9.36. The van der Waals surface area contributed by atoms with Crippen LogP contribution in [0.1, 0.15) is 0 Å². The Hall–Kier alpha value is -3.54. The Balaban J connectivity index is 1.12. The molecule has 4 aromatic carbocycles. The summed E-state index contributed by atoms with van der Waals surface area (Å²) in [7, 11) is 0. The van der Waals surface area contributed by atoms with Gasteiger partial charge in [-0.15, -0.1) is 45.3 Å². The zero-order valence-electron chi connectivity index (χ0n) is 20.2. The first kappa shape index (κ1) is 22.4. The maximum atomic E-state index is 2.39. The zero-order chi connectivity index (χ0) is 25.1. The van der Waals surface area contributed by atoms with Crippen molar-refractivity contribution in [2.75, 3.05) is 0 Å². The van der Waals surface area contributed by atoms with Crippen LogP contribution < -0.4 is 0 Å². The molecule has 4 heterocycles. The molecular formula is C34H20S4. The Morgan fingerprint density at radius 3 is 1.03 bits per heavy atom. The molecule has 0 aliphatic heterocycles. The quantitative estimate of drug-likeness (QED) is 0.202. The highest BCUT2D eigenvalue weighted by molar-refractivity contribution is 7.45. The molecule has 0 aliphatic carbocycles. The third kappa shape index (κ3) is 3.76. The summed E-state index contributed by atoms with van der Waals surface area (Å²) in [5.74, 6) is 0. The van der Waals surface area contributed by atoms with Gasteiger partial charge in [0.1, 0.15) is 0 Å². The molecule has 180 valence electrons. The summed E-state index contributed by atoms with van der Waals surface area (Å²) < 4.78 is 8.59. The minimum Gasteiger partial charge on any atom is -0.133 e. The van der Waals surface area contributed by atoms with Crippen molar-refractivity contribution >= 4 is 73.5 Å². The van der Waals surface area contributed by atoms with E-state index in [0.717, 1.165) is 0 Å². The average Bonchev–Trinajstić information content (AvgIpc) is 3.73. The summed E-state index contributed by atoms with van der Waals surface area (Å²) >= 11 is 7.77. The molecule has 0 radical (unpaired) electrons. The van der Waals surface area contributed by atoms with Crippen LogP contribution in [0.2, 0.25) is 0 Å². The first-order chi connectivity index (χ1) is 18.8. The number of benzene rings is 4. The summed E-state index contributed by atoms with van der Waals surface area (Å²) in [5.41, 5.74) is 7.64. The van der Waals surface area contributed by atoms with E-state index in [0.29, 0.717) is 0 Å². The second-order valence-corrected chi connectivity index (χ2v) is 13.6. The Labute approximate surface area is 236 Å². The van der Waals surface area contributed by atoms with E-state index in [9.17, 15) is 0 Å². The molecule has 8 aromatic rings. The smallest absolute Gasteiger partial charge is 0.0650 e. The SMILES string of the molecule is c1ccc(-c2ccc(-c3cc4sc5c6sc(-c7ccc(-c8ccccc8)cc7)cc6sc5c4s3)cc2)cc1. The molecule has 0 atom stereocenters.